The molecule has 0 aromatic heterocycles. The van der Waals surface area contributed by atoms with Crippen molar-refractivity contribution in [2.24, 2.45) is 5.92 Å². The van der Waals surface area contributed by atoms with Gasteiger partial charge in [0.1, 0.15) is 11.4 Å². The number of benzene rings is 2. The molecule has 1 aliphatic rings. The summed E-state index contributed by atoms with van der Waals surface area (Å²) in [5, 5.41) is 13.9. The number of nitrogens with zero attached hydrogens (tertiary/aromatic N) is 2. The Balaban J connectivity index is 1.56. The average Bonchev–Trinajstić information content (AvgIpc) is 2.68. The number of ether oxygens (including phenoxy) is 1. The highest BCUT2D eigenvalue weighted by Gasteiger charge is 2.31. The van der Waals surface area contributed by atoms with Crippen LogP contribution < -0.4 is 15.0 Å². The molecule has 0 aliphatic carbocycles. The summed E-state index contributed by atoms with van der Waals surface area (Å²) in [6, 6.07) is 11.4. The van der Waals surface area contributed by atoms with Gasteiger partial charge in [-0.2, -0.15) is 0 Å². The van der Waals surface area contributed by atoms with Crippen LogP contribution in [-0.4, -0.2) is 30.3 Å². The summed E-state index contributed by atoms with van der Waals surface area (Å²) in [7, 11) is 0. The van der Waals surface area contributed by atoms with Gasteiger partial charge in [-0.1, -0.05) is 12.1 Å². The largest absolute Gasteiger partial charge is 0.573 e. The Hall–Kier alpha value is -3.30. The van der Waals surface area contributed by atoms with E-state index in [1.165, 1.54) is 18.2 Å². The second kappa shape index (κ2) is 8.38. The molecule has 1 fully saturated rings. The van der Waals surface area contributed by atoms with E-state index in [9.17, 15) is 28.1 Å². The number of alkyl halides is 3. The predicted octanol–water partition coefficient (Wildman–Crippen LogP) is 4.35. The molecule has 0 unspecified atom stereocenters. The first-order valence-corrected chi connectivity index (χ1v) is 8.88. The van der Waals surface area contributed by atoms with E-state index in [1.807, 2.05) is 4.90 Å². The third kappa shape index (κ3) is 5.37. The van der Waals surface area contributed by atoms with Gasteiger partial charge in [-0.3, -0.25) is 14.9 Å². The third-order valence-electron chi connectivity index (χ3n) is 4.64. The van der Waals surface area contributed by atoms with Crippen molar-refractivity contribution in [2.75, 3.05) is 23.3 Å². The van der Waals surface area contributed by atoms with Crippen molar-refractivity contribution in [2.45, 2.75) is 19.2 Å². The lowest BCUT2D eigenvalue weighted by molar-refractivity contribution is -0.384. The Labute approximate surface area is 164 Å². The van der Waals surface area contributed by atoms with E-state index < -0.39 is 11.3 Å². The Bertz CT molecular complexity index is 879. The van der Waals surface area contributed by atoms with Crippen LogP contribution in [0.4, 0.5) is 30.2 Å². The van der Waals surface area contributed by atoms with Crippen molar-refractivity contribution in [1.82, 2.24) is 0 Å². The number of nitrogens with one attached hydrogen (secondary N) is 1. The lowest BCUT2D eigenvalue weighted by Crippen LogP contribution is -2.38. The number of carbonyl (C=O) groups excluding carboxylic acids is 1. The molecular formula is C19H18F3N3O4. The van der Waals surface area contributed by atoms with E-state index >= 15 is 0 Å². The highest BCUT2D eigenvalue weighted by molar-refractivity contribution is 5.92. The fraction of sp³-hybridized carbons (Fsp3) is 0.316. The number of anilines is 2. The van der Waals surface area contributed by atoms with Gasteiger partial charge in [-0.15, -0.1) is 13.2 Å². The minimum Gasteiger partial charge on any atom is -0.406 e. The maximum atomic E-state index is 12.5. The van der Waals surface area contributed by atoms with E-state index in [1.54, 1.807) is 18.2 Å². The Morgan fingerprint density at radius 1 is 1.10 bits per heavy atom. The molecule has 1 amide bonds. The molecular weight excluding hydrogens is 391 g/mol. The van der Waals surface area contributed by atoms with Crippen LogP contribution in [0.3, 0.4) is 0 Å². The molecule has 154 valence electrons. The van der Waals surface area contributed by atoms with Crippen molar-refractivity contribution < 1.29 is 27.6 Å². The molecule has 2 aromatic carbocycles. The van der Waals surface area contributed by atoms with Crippen LogP contribution in [0.5, 0.6) is 5.75 Å². The quantitative estimate of drug-likeness (QED) is 0.586. The van der Waals surface area contributed by atoms with Gasteiger partial charge in [0, 0.05) is 30.8 Å². The van der Waals surface area contributed by atoms with Gasteiger partial charge in [-0.05, 0) is 43.2 Å². The highest BCUT2D eigenvalue weighted by atomic mass is 19.4. The predicted molar refractivity (Wildman–Crippen MR) is 99.8 cm³/mol. The first-order chi connectivity index (χ1) is 13.7. The van der Waals surface area contributed by atoms with Crippen molar-refractivity contribution >= 4 is 23.0 Å². The van der Waals surface area contributed by atoms with E-state index in [2.05, 4.69) is 10.1 Å². The van der Waals surface area contributed by atoms with Crippen LogP contribution in [0.2, 0.25) is 0 Å². The summed E-state index contributed by atoms with van der Waals surface area (Å²) in [5.41, 5.74) is 0.916. The van der Waals surface area contributed by atoms with Crippen molar-refractivity contribution in [3.63, 3.8) is 0 Å². The topological polar surface area (TPSA) is 84.7 Å². The molecule has 7 nitrogen and oxygen atoms in total. The molecule has 1 saturated heterocycles. The first-order valence-electron chi connectivity index (χ1n) is 8.88. The lowest BCUT2D eigenvalue weighted by Gasteiger charge is -2.32. The molecule has 0 saturated carbocycles. The summed E-state index contributed by atoms with van der Waals surface area (Å²) >= 11 is 0. The van der Waals surface area contributed by atoms with Crippen LogP contribution in [0.15, 0.2) is 48.5 Å². The van der Waals surface area contributed by atoms with Gasteiger partial charge >= 0.3 is 6.36 Å². The SMILES string of the molecule is O=C(Nc1ccc(OC(F)(F)F)cc1)C1CCN(c2ccccc2[N+](=O)[O-])CC1. The molecule has 1 heterocycles. The second-order valence-corrected chi connectivity index (χ2v) is 6.57. The summed E-state index contributed by atoms with van der Waals surface area (Å²) < 4.78 is 40.3. The smallest absolute Gasteiger partial charge is 0.406 e. The summed E-state index contributed by atoms with van der Waals surface area (Å²) in [6.07, 6.45) is -3.76. The van der Waals surface area contributed by atoms with Crippen molar-refractivity contribution in [3.8, 4) is 5.75 Å². The molecule has 0 bridgehead atoms. The van der Waals surface area contributed by atoms with Crippen LogP contribution in [0, 0.1) is 16.0 Å². The van der Waals surface area contributed by atoms with Crippen molar-refractivity contribution in [3.05, 3.63) is 58.6 Å². The molecule has 0 spiro atoms. The molecule has 10 heteroatoms. The zero-order valence-corrected chi connectivity index (χ0v) is 15.2. The summed E-state index contributed by atoms with van der Waals surface area (Å²) in [6.45, 7) is 0.975. The lowest BCUT2D eigenvalue weighted by atomic mass is 9.95. The van der Waals surface area contributed by atoms with Crippen LogP contribution in [0.25, 0.3) is 0 Å². The molecule has 0 atom stereocenters. The molecule has 0 radical (unpaired) electrons. The Morgan fingerprint density at radius 2 is 1.72 bits per heavy atom. The fourth-order valence-corrected chi connectivity index (χ4v) is 3.25. The van der Waals surface area contributed by atoms with Gasteiger partial charge in [0.15, 0.2) is 0 Å². The minimum absolute atomic E-state index is 0.0246. The zero-order chi connectivity index (χ0) is 21.0. The first kappa shape index (κ1) is 20.4. The van der Waals surface area contributed by atoms with E-state index in [0.717, 1.165) is 12.1 Å². The summed E-state index contributed by atoms with van der Waals surface area (Å²) in [4.78, 5) is 25.1. The standard InChI is InChI=1S/C19H18F3N3O4/c20-19(21,22)29-15-7-5-14(6-8-15)23-18(26)13-9-11-24(12-10-13)16-3-1-2-4-17(16)25(27)28/h1-8,13H,9-12H2,(H,23,26). The third-order valence-corrected chi connectivity index (χ3v) is 4.64. The number of para-hydroxylation sites is 2. The number of nitro benzene ring substituents is 1. The molecule has 2 aromatic rings. The average molecular weight is 409 g/mol. The molecule has 3 rings (SSSR count). The molecule has 1 aliphatic heterocycles. The van der Waals surface area contributed by atoms with E-state index in [4.69, 9.17) is 0 Å². The molecule has 1 N–H and O–H groups in total. The normalized spacial score (nSPS) is 15.1. The number of piperidine rings is 1. The number of hydrogen-bond donors (Lipinski definition) is 1. The number of carbonyl (C=O) groups is 1. The maximum absolute atomic E-state index is 12.5. The summed E-state index contributed by atoms with van der Waals surface area (Å²) in [5.74, 6) is -0.898. The minimum atomic E-state index is -4.77. The van der Waals surface area contributed by atoms with Crippen LogP contribution in [0.1, 0.15) is 12.8 Å². The van der Waals surface area contributed by atoms with Crippen molar-refractivity contribution in [1.29, 1.82) is 0 Å². The van der Waals surface area contributed by atoms with E-state index in [0.29, 0.717) is 37.3 Å². The number of hydrogen-bond acceptors (Lipinski definition) is 5. The van der Waals surface area contributed by atoms with Gasteiger partial charge in [0.05, 0.1) is 4.92 Å². The van der Waals surface area contributed by atoms with Gasteiger partial charge in [-0.25, -0.2) is 0 Å². The number of amides is 1. The monoisotopic (exact) mass is 409 g/mol. The number of nitro groups is 1. The molecule has 29 heavy (non-hydrogen) atoms. The van der Waals surface area contributed by atoms with Gasteiger partial charge in [0.2, 0.25) is 5.91 Å². The maximum Gasteiger partial charge on any atom is 0.573 e. The second-order valence-electron chi connectivity index (χ2n) is 6.57. The zero-order valence-electron chi connectivity index (χ0n) is 15.2. The Kier molecular flexibility index (Phi) is 5.90. The van der Waals surface area contributed by atoms with Crippen LogP contribution in [-0.2, 0) is 4.79 Å². The number of halogens is 3. The van der Waals surface area contributed by atoms with Gasteiger partial charge in [0.25, 0.3) is 5.69 Å². The fourth-order valence-electron chi connectivity index (χ4n) is 3.25. The highest BCUT2D eigenvalue weighted by Crippen LogP contribution is 2.31. The Morgan fingerprint density at radius 3 is 2.31 bits per heavy atom. The van der Waals surface area contributed by atoms with Crippen LogP contribution >= 0.6 is 0 Å². The van der Waals surface area contributed by atoms with E-state index in [-0.39, 0.29) is 23.3 Å². The van der Waals surface area contributed by atoms with Gasteiger partial charge < -0.3 is 15.0 Å². The number of rotatable bonds is 5.